The summed E-state index contributed by atoms with van der Waals surface area (Å²) in [4.78, 5) is 0. The highest BCUT2D eigenvalue weighted by atomic mass is 16.3. The van der Waals surface area contributed by atoms with Gasteiger partial charge in [-0.3, -0.25) is 0 Å². The Morgan fingerprint density at radius 3 is 2.64 bits per heavy atom. The van der Waals surface area contributed by atoms with Gasteiger partial charge in [-0.05, 0) is 68.6 Å². The van der Waals surface area contributed by atoms with Gasteiger partial charge in [0.2, 0.25) is 0 Å². The fourth-order valence-electron chi connectivity index (χ4n) is 5.49. The third-order valence-electron chi connectivity index (χ3n) is 6.46. The van der Waals surface area contributed by atoms with Crippen LogP contribution in [0.15, 0.2) is 23.3 Å². The van der Waals surface area contributed by atoms with Gasteiger partial charge >= 0.3 is 0 Å². The number of rotatable bonds is 4. The quantitative estimate of drug-likeness (QED) is 0.752. The third-order valence-corrected chi connectivity index (χ3v) is 6.46. The van der Waals surface area contributed by atoms with E-state index in [-0.39, 0.29) is 23.5 Å². The summed E-state index contributed by atoms with van der Waals surface area (Å²) >= 11 is 0. The Balaban J connectivity index is 2.25. The van der Waals surface area contributed by atoms with Gasteiger partial charge in [0.25, 0.3) is 0 Å². The van der Waals surface area contributed by atoms with E-state index < -0.39 is 0 Å². The smallest absolute Gasteiger partial charge is 0.0614 e. The maximum Gasteiger partial charge on any atom is 0.0614 e. The maximum atomic E-state index is 10.5. The summed E-state index contributed by atoms with van der Waals surface area (Å²) in [5, 5.41) is 19.5. The Morgan fingerprint density at radius 2 is 2.00 bits per heavy atom. The molecule has 0 aromatic heterocycles. The summed E-state index contributed by atoms with van der Waals surface area (Å²) in [6, 6.07) is 0. The summed E-state index contributed by atoms with van der Waals surface area (Å²) in [5.41, 5.74) is 3.18. The van der Waals surface area contributed by atoms with Gasteiger partial charge in [-0.2, -0.15) is 0 Å². The lowest BCUT2D eigenvalue weighted by molar-refractivity contribution is -0.0952. The van der Waals surface area contributed by atoms with Crippen LogP contribution in [-0.2, 0) is 0 Å². The van der Waals surface area contributed by atoms with Crippen molar-refractivity contribution in [2.75, 3.05) is 6.61 Å². The number of aliphatic hydroxyl groups is 2. The van der Waals surface area contributed by atoms with Crippen LogP contribution in [0.1, 0.15) is 66.7 Å². The fraction of sp³-hybridized carbons (Fsp3) is 0.800. The molecule has 0 aromatic carbocycles. The average Bonchev–Trinajstić information content (AvgIpc) is 2.35. The molecule has 4 atom stereocenters. The highest BCUT2D eigenvalue weighted by molar-refractivity contribution is 5.19. The Hall–Kier alpha value is -0.600. The van der Waals surface area contributed by atoms with Crippen LogP contribution in [0, 0.1) is 22.7 Å². The average molecular weight is 306 g/mol. The Bertz CT molecular complexity index is 460. The molecule has 0 unspecified atom stereocenters. The molecule has 2 aliphatic rings. The lowest BCUT2D eigenvalue weighted by Crippen LogP contribution is -2.52. The van der Waals surface area contributed by atoms with E-state index in [1.165, 1.54) is 11.1 Å². The van der Waals surface area contributed by atoms with Crippen LogP contribution in [0.3, 0.4) is 0 Å². The van der Waals surface area contributed by atoms with Crippen molar-refractivity contribution in [1.29, 1.82) is 0 Å². The van der Waals surface area contributed by atoms with Crippen molar-refractivity contribution in [3.63, 3.8) is 0 Å². The van der Waals surface area contributed by atoms with Gasteiger partial charge in [0.15, 0.2) is 0 Å². The van der Waals surface area contributed by atoms with Crippen LogP contribution in [0.25, 0.3) is 0 Å². The van der Waals surface area contributed by atoms with Crippen molar-refractivity contribution in [2.45, 2.75) is 72.8 Å². The summed E-state index contributed by atoms with van der Waals surface area (Å²) in [5.74, 6) is 1.20. The molecule has 0 amide bonds. The molecule has 2 rings (SSSR count). The van der Waals surface area contributed by atoms with E-state index >= 15 is 0 Å². The topological polar surface area (TPSA) is 40.5 Å². The van der Waals surface area contributed by atoms with E-state index in [4.69, 9.17) is 5.11 Å². The highest BCUT2D eigenvalue weighted by Gasteiger charge is 2.53. The van der Waals surface area contributed by atoms with Crippen molar-refractivity contribution < 1.29 is 10.2 Å². The van der Waals surface area contributed by atoms with Crippen molar-refractivity contribution in [1.82, 2.24) is 0 Å². The standard InChI is InChI=1S/C20H34O2/c1-14(10-11-21)6-8-17-15(2)7-9-18-19(3,4)12-16(22)13-20(17,18)5/h7,10,16-18,21-22H,6,8-9,11-13H2,1-5H3/b14-10+/t16-,17+,18+,20-/m0/s1. The number of hydrogen-bond acceptors (Lipinski definition) is 2. The van der Waals surface area contributed by atoms with Gasteiger partial charge in [0, 0.05) is 0 Å². The molecule has 2 nitrogen and oxygen atoms in total. The molecule has 22 heavy (non-hydrogen) atoms. The first kappa shape index (κ1) is 17.7. The molecule has 0 heterocycles. The van der Waals surface area contributed by atoms with Crippen LogP contribution in [0.2, 0.25) is 0 Å². The van der Waals surface area contributed by atoms with Gasteiger partial charge in [0.05, 0.1) is 12.7 Å². The van der Waals surface area contributed by atoms with Crippen LogP contribution < -0.4 is 0 Å². The van der Waals surface area contributed by atoms with Crippen LogP contribution in [0.4, 0.5) is 0 Å². The number of aliphatic hydroxyl groups excluding tert-OH is 2. The van der Waals surface area contributed by atoms with Crippen LogP contribution in [-0.4, -0.2) is 22.9 Å². The SMILES string of the molecule is CC1=CC[C@@H]2C(C)(C)C[C@H](O)C[C@@]2(C)[C@@H]1CC/C(C)=C/CO. The third kappa shape index (κ3) is 3.33. The molecule has 2 heteroatoms. The molecule has 0 radical (unpaired) electrons. The van der Waals surface area contributed by atoms with Crippen molar-refractivity contribution >= 4 is 0 Å². The van der Waals surface area contributed by atoms with E-state index in [9.17, 15) is 5.11 Å². The van der Waals surface area contributed by atoms with E-state index in [2.05, 4.69) is 40.7 Å². The molecule has 0 bridgehead atoms. The molecule has 0 saturated heterocycles. The van der Waals surface area contributed by atoms with Crippen LogP contribution in [0.5, 0.6) is 0 Å². The first-order valence-corrected chi connectivity index (χ1v) is 8.82. The molecule has 2 N–H and O–H groups in total. The second-order valence-corrected chi connectivity index (χ2v) is 8.62. The molecule has 2 aliphatic carbocycles. The number of hydrogen-bond donors (Lipinski definition) is 2. The maximum absolute atomic E-state index is 10.5. The monoisotopic (exact) mass is 306 g/mol. The van der Waals surface area contributed by atoms with E-state index in [1.54, 1.807) is 0 Å². The molecule has 0 aliphatic heterocycles. The first-order valence-electron chi connectivity index (χ1n) is 8.82. The molecule has 1 saturated carbocycles. The van der Waals surface area contributed by atoms with Gasteiger partial charge in [-0.15, -0.1) is 0 Å². The Morgan fingerprint density at radius 1 is 1.32 bits per heavy atom. The van der Waals surface area contributed by atoms with E-state index in [0.29, 0.717) is 11.8 Å². The minimum atomic E-state index is -0.168. The first-order chi connectivity index (χ1) is 10.2. The highest BCUT2D eigenvalue weighted by Crippen LogP contribution is 2.60. The fourth-order valence-corrected chi connectivity index (χ4v) is 5.49. The lowest BCUT2D eigenvalue weighted by Gasteiger charge is -2.58. The molecule has 1 fully saturated rings. The molecular formula is C20H34O2. The Labute approximate surface area is 136 Å². The second kappa shape index (κ2) is 6.49. The summed E-state index contributed by atoms with van der Waals surface area (Å²) in [6.45, 7) is 11.6. The molecule has 0 spiro atoms. The summed E-state index contributed by atoms with van der Waals surface area (Å²) in [7, 11) is 0. The second-order valence-electron chi connectivity index (χ2n) is 8.62. The summed E-state index contributed by atoms with van der Waals surface area (Å²) in [6.07, 6.45) is 9.37. The van der Waals surface area contributed by atoms with Gasteiger partial charge < -0.3 is 10.2 Å². The van der Waals surface area contributed by atoms with E-state index in [1.807, 2.05) is 6.08 Å². The predicted octanol–water partition coefficient (Wildman–Crippen LogP) is 4.47. The van der Waals surface area contributed by atoms with Gasteiger partial charge in [-0.25, -0.2) is 0 Å². The van der Waals surface area contributed by atoms with Crippen molar-refractivity contribution in [3.05, 3.63) is 23.3 Å². The molecule has 126 valence electrons. The summed E-state index contributed by atoms with van der Waals surface area (Å²) < 4.78 is 0. The van der Waals surface area contributed by atoms with Gasteiger partial charge in [-0.1, -0.05) is 44.1 Å². The van der Waals surface area contributed by atoms with Crippen molar-refractivity contribution in [2.24, 2.45) is 22.7 Å². The largest absolute Gasteiger partial charge is 0.393 e. The minimum Gasteiger partial charge on any atom is -0.393 e. The zero-order valence-electron chi connectivity index (χ0n) is 15.0. The lowest BCUT2D eigenvalue weighted by atomic mass is 9.47. The number of allylic oxidation sites excluding steroid dienone is 3. The minimum absolute atomic E-state index is 0.136. The number of fused-ring (bicyclic) bond motifs is 1. The van der Waals surface area contributed by atoms with E-state index in [0.717, 1.165) is 32.1 Å². The predicted molar refractivity (Wildman–Crippen MR) is 92.6 cm³/mol. The Kier molecular flexibility index (Phi) is 5.23. The normalized spacial score (nSPS) is 38.4. The zero-order valence-corrected chi connectivity index (χ0v) is 15.0. The van der Waals surface area contributed by atoms with Crippen molar-refractivity contribution in [3.8, 4) is 0 Å². The molecule has 0 aromatic rings. The zero-order chi connectivity index (χ0) is 16.5. The van der Waals surface area contributed by atoms with Crippen LogP contribution >= 0.6 is 0 Å². The van der Waals surface area contributed by atoms with Gasteiger partial charge in [0.1, 0.15) is 0 Å². The molecular weight excluding hydrogens is 272 g/mol.